The molecule has 0 spiro atoms. The van der Waals surface area contributed by atoms with Crippen LogP contribution in [0, 0.1) is 0 Å². The number of amides is 3. The molecule has 7 nitrogen and oxygen atoms in total. The summed E-state index contributed by atoms with van der Waals surface area (Å²) in [5.74, 6) is -1.02. The van der Waals surface area contributed by atoms with Crippen molar-refractivity contribution >= 4 is 80.1 Å². The van der Waals surface area contributed by atoms with E-state index in [2.05, 4.69) is 45.6 Å². The van der Waals surface area contributed by atoms with Gasteiger partial charge in [0.2, 0.25) is 5.91 Å². The molecule has 0 radical (unpaired) electrons. The Labute approximate surface area is 304 Å². The largest absolute Gasteiger partial charge is 0.341 e. The first kappa shape index (κ1) is 33.6. The number of nitrogens with one attached hydrogen (secondary N) is 3. The van der Waals surface area contributed by atoms with E-state index in [1.807, 2.05) is 95.7 Å². The molecule has 7 rings (SSSR count). The van der Waals surface area contributed by atoms with Gasteiger partial charge in [0.1, 0.15) is 10.9 Å². The summed E-state index contributed by atoms with van der Waals surface area (Å²) in [6.07, 6.45) is 1.65. The molecule has 3 amide bonds. The molecular formula is C42H34N4O3S2. The topological polar surface area (TPSA) is 92.2 Å². The third kappa shape index (κ3) is 7.65. The van der Waals surface area contributed by atoms with Crippen molar-refractivity contribution in [1.82, 2.24) is 9.88 Å². The first-order valence-electron chi connectivity index (χ1n) is 16.5. The van der Waals surface area contributed by atoms with E-state index in [1.165, 1.54) is 23.1 Å². The zero-order valence-electron chi connectivity index (χ0n) is 27.7. The van der Waals surface area contributed by atoms with Crippen LogP contribution < -0.4 is 16.0 Å². The fraction of sp³-hybridized carbons (Fsp3) is 0.0714. The van der Waals surface area contributed by atoms with Crippen molar-refractivity contribution in [3.63, 3.8) is 0 Å². The number of benzene rings is 5. The summed E-state index contributed by atoms with van der Waals surface area (Å²) in [5.41, 5.74) is 5.74. The number of aryl methyl sites for hydroxylation is 1. The Morgan fingerprint density at radius 1 is 0.745 bits per heavy atom. The predicted octanol–water partition coefficient (Wildman–Crippen LogP) is 9.76. The normalized spacial score (nSPS) is 12.1. The summed E-state index contributed by atoms with van der Waals surface area (Å²) < 4.78 is 2.28. The highest BCUT2D eigenvalue weighted by Crippen LogP contribution is 2.38. The molecule has 51 heavy (non-hydrogen) atoms. The zero-order valence-corrected chi connectivity index (χ0v) is 29.3. The fourth-order valence-corrected chi connectivity index (χ4v) is 7.73. The van der Waals surface area contributed by atoms with Crippen molar-refractivity contribution in [2.75, 3.05) is 10.6 Å². The molecule has 0 bridgehead atoms. The summed E-state index contributed by atoms with van der Waals surface area (Å²) in [6, 6.07) is 42.0. The van der Waals surface area contributed by atoms with Gasteiger partial charge in [0.05, 0.1) is 0 Å². The predicted molar refractivity (Wildman–Crippen MR) is 210 cm³/mol. The lowest BCUT2D eigenvalue weighted by Crippen LogP contribution is -2.30. The Balaban J connectivity index is 1.12. The molecule has 5 aromatic carbocycles. The van der Waals surface area contributed by atoms with Crippen LogP contribution in [0.2, 0.25) is 0 Å². The summed E-state index contributed by atoms with van der Waals surface area (Å²) in [7, 11) is 0. The number of para-hydroxylation sites is 1. The summed E-state index contributed by atoms with van der Waals surface area (Å²) in [4.78, 5) is 41.5. The Morgan fingerprint density at radius 3 is 2.24 bits per heavy atom. The van der Waals surface area contributed by atoms with E-state index >= 15 is 0 Å². The average molecular weight is 707 g/mol. The van der Waals surface area contributed by atoms with Gasteiger partial charge >= 0.3 is 0 Å². The minimum absolute atomic E-state index is 0.112. The number of thioether (sulfide) groups is 1. The lowest BCUT2D eigenvalue weighted by atomic mass is 10.1. The van der Waals surface area contributed by atoms with Gasteiger partial charge in [0.25, 0.3) is 11.8 Å². The Morgan fingerprint density at radius 2 is 1.47 bits per heavy atom. The van der Waals surface area contributed by atoms with Crippen molar-refractivity contribution in [3.8, 4) is 0 Å². The molecule has 0 aliphatic heterocycles. The minimum atomic E-state index is -0.580. The van der Waals surface area contributed by atoms with Gasteiger partial charge < -0.3 is 20.5 Å². The van der Waals surface area contributed by atoms with Gasteiger partial charge in [-0.2, -0.15) is 11.3 Å². The molecule has 0 saturated heterocycles. The average Bonchev–Trinajstić information content (AvgIpc) is 3.80. The maximum atomic E-state index is 14.0. The van der Waals surface area contributed by atoms with Crippen molar-refractivity contribution in [2.24, 2.45) is 0 Å². The van der Waals surface area contributed by atoms with Crippen LogP contribution in [0.25, 0.3) is 27.9 Å². The van der Waals surface area contributed by atoms with Gasteiger partial charge in [-0.1, -0.05) is 72.8 Å². The molecule has 252 valence electrons. The molecule has 9 heteroatoms. The maximum Gasteiger partial charge on any atom is 0.272 e. The highest BCUT2D eigenvalue weighted by Gasteiger charge is 2.23. The number of hydrogen-bond donors (Lipinski definition) is 3. The van der Waals surface area contributed by atoms with Crippen LogP contribution in [0.5, 0.6) is 0 Å². The number of hydrogen-bond acceptors (Lipinski definition) is 5. The quantitative estimate of drug-likeness (QED) is 0.0923. The SMILES string of the molecule is CCn1c2ccccc2c2cc(NC(=O)C(Sc3cccc(NC(=O)/C(=C/c4ccsc4)NC(=O)c4ccccc4)c3)c3ccccc3)ccc21. The van der Waals surface area contributed by atoms with Gasteiger partial charge in [0, 0.05) is 50.2 Å². The molecule has 0 aliphatic rings. The van der Waals surface area contributed by atoms with Crippen LogP contribution in [0.15, 0.2) is 155 Å². The van der Waals surface area contributed by atoms with Crippen molar-refractivity contribution in [2.45, 2.75) is 23.6 Å². The van der Waals surface area contributed by atoms with E-state index in [0.29, 0.717) is 11.3 Å². The molecule has 2 aromatic heterocycles. The summed E-state index contributed by atoms with van der Waals surface area (Å²) in [6.45, 7) is 2.98. The van der Waals surface area contributed by atoms with E-state index in [-0.39, 0.29) is 17.5 Å². The van der Waals surface area contributed by atoms with E-state index < -0.39 is 11.2 Å². The molecule has 2 heterocycles. The Bertz CT molecular complexity index is 2370. The number of fused-ring (bicyclic) bond motifs is 3. The number of thiophene rings is 1. The zero-order chi connectivity index (χ0) is 35.2. The van der Waals surface area contributed by atoms with Gasteiger partial charge in [0.15, 0.2) is 0 Å². The second kappa shape index (κ2) is 15.3. The van der Waals surface area contributed by atoms with Crippen LogP contribution in [0.3, 0.4) is 0 Å². The van der Waals surface area contributed by atoms with Crippen LogP contribution in [0.4, 0.5) is 11.4 Å². The van der Waals surface area contributed by atoms with E-state index in [4.69, 9.17) is 0 Å². The lowest BCUT2D eigenvalue weighted by molar-refractivity contribution is -0.116. The number of nitrogens with zero attached hydrogens (tertiary/aromatic N) is 1. The van der Waals surface area contributed by atoms with Crippen LogP contribution in [0.1, 0.15) is 33.7 Å². The molecule has 1 atom stereocenters. The highest BCUT2D eigenvalue weighted by atomic mass is 32.2. The van der Waals surface area contributed by atoms with Crippen molar-refractivity contribution < 1.29 is 14.4 Å². The van der Waals surface area contributed by atoms with Crippen LogP contribution in [-0.2, 0) is 16.1 Å². The smallest absolute Gasteiger partial charge is 0.272 e. The molecule has 1 unspecified atom stereocenters. The van der Waals surface area contributed by atoms with Crippen LogP contribution in [-0.4, -0.2) is 22.3 Å². The maximum absolute atomic E-state index is 14.0. The lowest BCUT2D eigenvalue weighted by Gasteiger charge is -2.18. The van der Waals surface area contributed by atoms with E-state index in [9.17, 15) is 14.4 Å². The number of anilines is 2. The first-order valence-corrected chi connectivity index (χ1v) is 18.3. The Kier molecular flexibility index (Phi) is 10.1. The molecular weight excluding hydrogens is 673 g/mol. The standard InChI is InChI=1S/C42H34N4O3S2/c1-2-46-37-19-10-9-18-34(37)35-26-32(20-21-38(35)46)44-42(49)39(29-12-5-3-6-13-29)51-33-17-11-16-31(25-33)43-41(48)36(24-28-22-23-50-27-28)45-40(47)30-14-7-4-8-15-30/h3-27,39H,2H2,1H3,(H,43,48)(H,44,49)(H,45,47)/b36-24-. The summed E-state index contributed by atoms with van der Waals surface area (Å²) in [5, 5.41) is 14.3. The van der Waals surface area contributed by atoms with Gasteiger partial charge in [-0.15, -0.1) is 11.8 Å². The number of rotatable bonds is 11. The third-order valence-electron chi connectivity index (χ3n) is 8.43. The number of carbonyl (C=O) groups is 3. The molecule has 0 saturated carbocycles. The minimum Gasteiger partial charge on any atom is -0.341 e. The Hall–Kier alpha value is -5.90. The van der Waals surface area contributed by atoms with Crippen LogP contribution >= 0.6 is 23.1 Å². The first-order chi connectivity index (χ1) is 25.0. The van der Waals surface area contributed by atoms with Gasteiger partial charge in [-0.3, -0.25) is 14.4 Å². The fourth-order valence-electron chi connectivity index (χ4n) is 6.03. The van der Waals surface area contributed by atoms with Crippen molar-refractivity contribution in [1.29, 1.82) is 0 Å². The second-order valence-electron chi connectivity index (χ2n) is 11.8. The monoisotopic (exact) mass is 706 g/mol. The number of aromatic nitrogens is 1. The third-order valence-corrected chi connectivity index (χ3v) is 10.4. The summed E-state index contributed by atoms with van der Waals surface area (Å²) >= 11 is 2.89. The molecule has 0 fully saturated rings. The highest BCUT2D eigenvalue weighted by molar-refractivity contribution is 8.00. The van der Waals surface area contributed by atoms with Crippen molar-refractivity contribution in [3.05, 3.63) is 167 Å². The molecule has 3 N–H and O–H groups in total. The molecule has 0 aliphatic carbocycles. The van der Waals surface area contributed by atoms with E-state index in [1.54, 1.807) is 36.4 Å². The van der Waals surface area contributed by atoms with Gasteiger partial charge in [-0.05, 0) is 95.6 Å². The molecule has 7 aromatic rings. The van der Waals surface area contributed by atoms with E-state index in [0.717, 1.165) is 50.1 Å². The van der Waals surface area contributed by atoms with Gasteiger partial charge in [-0.25, -0.2) is 0 Å². The second-order valence-corrected chi connectivity index (χ2v) is 13.8. The number of carbonyl (C=O) groups excluding carboxylic acids is 3.